The fraction of sp³-hybridized carbons (Fsp3) is 0.440. The molecule has 0 bridgehead atoms. The van der Waals surface area contributed by atoms with Gasteiger partial charge in [-0.25, -0.2) is 9.97 Å². The molecule has 3 aromatic rings. The van der Waals surface area contributed by atoms with Crippen molar-refractivity contribution in [2.45, 2.75) is 48.4 Å². The van der Waals surface area contributed by atoms with Gasteiger partial charge in [0.2, 0.25) is 5.95 Å². The van der Waals surface area contributed by atoms with E-state index in [9.17, 15) is 0 Å². The van der Waals surface area contributed by atoms with E-state index in [1.807, 2.05) is 0 Å². The number of aryl methyl sites for hydroxylation is 1. The van der Waals surface area contributed by atoms with Crippen molar-refractivity contribution in [3.05, 3.63) is 53.7 Å². The summed E-state index contributed by atoms with van der Waals surface area (Å²) in [6.07, 6.45) is 7.16. The van der Waals surface area contributed by atoms with E-state index in [0.29, 0.717) is 0 Å². The molecule has 0 unspecified atom stereocenters. The van der Waals surface area contributed by atoms with Crippen molar-refractivity contribution in [3.63, 3.8) is 0 Å². The number of nitrogens with one attached hydrogen (secondary N) is 1. The molecule has 30 heavy (non-hydrogen) atoms. The van der Waals surface area contributed by atoms with E-state index in [-0.39, 0.29) is 0 Å². The van der Waals surface area contributed by atoms with Crippen LogP contribution in [0.5, 0.6) is 0 Å². The van der Waals surface area contributed by atoms with Gasteiger partial charge in [0.1, 0.15) is 5.03 Å². The van der Waals surface area contributed by atoms with Crippen molar-refractivity contribution in [2.75, 3.05) is 32.0 Å². The lowest BCUT2D eigenvalue weighted by Crippen LogP contribution is -2.33. The molecule has 0 spiro atoms. The van der Waals surface area contributed by atoms with Gasteiger partial charge < -0.3 is 10.2 Å². The van der Waals surface area contributed by atoms with Crippen LogP contribution in [0.15, 0.2) is 52.4 Å². The lowest BCUT2D eigenvalue weighted by molar-refractivity contribution is 0.226. The Bertz CT molecular complexity index is 1030. The molecule has 0 atom stereocenters. The second kappa shape index (κ2) is 8.94. The maximum Gasteiger partial charge on any atom is 0.224 e. The van der Waals surface area contributed by atoms with E-state index in [1.54, 1.807) is 11.8 Å². The lowest BCUT2D eigenvalue weighted by Gasteiger charge is -2.29. The molecule has 4 nitrogen and oxygen atoms in total. The number of anilines is 1. The summed E-state index contributed by atoms with van der Waals surface area (Å²) in [5.41, 5.74) is 2.62. The zero-order valence-corrected chi connectivity index (χ0v) is 18.5. The minimum atomic E-state index is 0.720. The largest absolute Gasteiger partial charge is 0.354 e. The van der Waals surface area contributed by atoms with Gasteiger partial charge in [0.05, 0.1) is 5.69 Å². The van der Waals surface area contributed by atoms with Crippen molar-refractivity contribution in [1.29, 1.82) is 0 Å². The van der Waals surface area contributed by atoms with E-state index in [1.165, 1.54) is 65.7 Å². The van der Waals surface area contributed by atoms with E-state index in [2.05, 4.69) is 59.7 Å². The van der Waals surface area contributed by atoms with Gasteiger partial charge >= 0.3 is 0 Å². The number of hydrogen-bond acceptors (Lipinski definition) is 5. The number of rotatable bonds is 5. The molecule has 1 fully saturated rings. The van der Waals surface area contributed by atoms with Crippen LogP contribution in [0, 0.1) is 5.92 Å². The number of hydrogen-bond donors (Lipinski definition) is 1. The first kappa shape index (κ1) is 19.8. The normalized spacial score (nSPS) is 17.8. The first-order valence-corrected chi connectivity index (χ1v) is 12.0. The summed E-state index contributed by atoms with van der Waals surface area (Å²) < 4.78 is 0. The van der Waals surface area contributed by atoms with Crippen molar-refractivity contribution >= 4 is 28.5 Å². The van der Waals surface area contributed by atoms with Gasteiger partial charge in [0.15, 0.2) is 0 Å². The molecule has 1 saturated heterocycles. The monoisotopic (exact) mass is 418 g/mol. The first-order valence-electron chi connectivity index (χ1n) is 11.2. The van der Waals surface area contributed by atoms with Gasteiger partial charge in [-0.3, -0.25) is 0 Å². The van der Waals surface area contributed by atoms with Gasteiger partial charge in [-0.2, -0.15) is 0 Å². The molecule has 0 radical (unpaired) electrons. The summed E-state index contributed by atoms with van der Waals surface area (Å²) in [6.45, 7) is 3.37. The zero-order chi connectivity index (χ0) is 20.3. The van der Waals surface area contributed by atoms with Crippen LogP contribution in [0.2, 0.25) is 0 Å². The molecular formula is C25H30N4S. The van der Waals surface area contributed by atoms with Crippen molar-refractivity contribution in [1.82, 2.24) is 14.9 Å². The van der Waals surface area contributed by atoms with Crippen LogP contribution in [0.1, 0.15) is 36.9 Å². The Balaban J connectivity index is 1.38. The molecule has 1 aromatic heterocycles. The number of aromatic nitrogens is 2. The molecule has 0 saturated carbocycles. The van der Waals surface area contributed by atoms with Gasteiger partial charge in [0.25, 0.3) is 0 Å². The van der Waals surface area contributed by atoms with Gasteiger partial charge in [-0.1, -0.05) is 42.1 Å². The minimum Gasteiger partial charge on any atom is -0.354 e. The summed E-state index contributed by atoms with van der Waals surface area (Å²) in [5, 5.41) is 7.29. The van der Waals surface area contributed by atoms with Crippen molar-refractivity contribution in [3.8, 4) is 0 Å². The average Bonchev–Trinajstić information content (AvgIpc) is 2.79. The van der Waals surface area contributed by atoms with E-state index >= 15 is 0 Å². The highest BCUT2D eigenvalue weighted by Gasteiger charge is 2.20. The standard InChI is InChI=1S/C25H30N4S/c1-29-14-12-18(13-15-29)17-26-25-27-23-9-5-4-8-22(23)24(28-25)30-21-11-10-19-6-2-3-7-20(19)16-21/h2-3,6-7,10-11,16,18H,4-5,8-9,12-15,17H2,1H3,(H,26,27,28). The Kier molecular flexibility index (Phi) is 5.91. The number of nitrogens with zero attached hydrogens (tertiary/aromatic N) is 3. The fourth-order valence-electron chi connectivity index (χ4n) is 4.57. The smallest absolute Gasteiger partial charge is 0.224 e. The Labute approximate surface area is 183 Å². The number of piperidine rings is 1. The average molecular weight is 419 g/mol. The van der Waals surface area contributed by atoms with Crippen LogP contribution >= 0.6 is 11.8 Å². The topological polar surface area (TPSA) is 41.0 Å². The summed E-state index contributed by atoms with van der Waals surface area (Å²) in [6, 6.07) is 15.3. The number of benzene rings is 2. The second-order valence-electron chi connectivity index (χ2n) is 8.72. The molecule has 2 aliphatic rings. The third-order valence-corrected chi connectivity index (χ3v) is 7.49. The van der Waals surface area contributed by atoms with Crippen LogP contribution < -0.4 is 5.32 Å². The van der Waals surface area contributed by atoms with Gasteiger partial charge in [-0.05, 0) is 87.5 Å². The van der Waals surface area contributed by atoms with Gasteiger partial charge in [0, 0.05) is 17.0 Å². The summed E-state index contributed by atoms with van der Waals surface area (Å²) in [4.78, 5) is 13.6. The van der Waals surface area contributed by atoms with Gasteiger partial charge in [-0.15, -0.1) is 0 Å². The molecule has 1 aliphatic carbocycles. The molecule has 2 heterocycles. The summed E-state index contributed by atoms with van der Waals surface area (Å²) in [5.74, 6) is 1.54. The quantitative estimate of drug-likeness (QED) is 0.561. The van der Waals surface area contributed by atoms with Crippen molar-refractivity contribution in [2.24, 2.45) is 5.92 Å². The highest BCUT2D eigenvalue weighted by Crippen LogP contribution is 2.35. The maximum atomic E-state index is 4.99. The van der Waals surface area contributed by atoms with Crippen molar-refractivity contribution < 1.29 is 0 Å². The molecule has 156 valence electrons. The maximum absolute atomic E-state index is 4.99. The fourth-order valence-corrected chi connectivity index (χ4v) is 5.59. The Morgan fingerprint density at radius 2 is 1.80 bits per heavy atom. The molecule has 1 aliphatic heterocycles. The lowest BCUT2D eigenvalue weighted by atomic mass is 9.97. The molecule has 2 aromatic carbocycles. The highest BCUT2D eigenvalue weighted by molar-refractivity contribution is 7.99. The third-order valence-electron chi connectivity index (χ3n) is 6.47. The Morgan fingerprint density at radius 1 is 1.00 bits per heavy atom. The number of fused-ring (bicyclic) bond motifs is 2. The van der Waals surface area contributed by atoms with Crippen LogP contribution in [0.25, 0.3) is 10.8 Å². The first-order chi connectivity index (χ1) is 14.7. The summed E-state index contributed by atoms with van der Waals surface area (Å²) >= 11 is 1.80. The van der Waals surface area contributed by atoms with E-state index < -0.39 is 0 Å². The second-order valence-corrected chi connectivity index (χ2v) is 9.79. The minimum absolute atomic E-state index is 0.720. The zero-order valence-electron chi connectivity index (χ0n) is 17.7. The Hall–Kier alpha value is -2.11. The predicted molar refractivity (Wildman–Crippen MR) is 125 cm³/mol. The Morgan fingerprint density at radius 3 is 2.67 bits per heavy atom. The molecular weight excluding hydrogens is 388 g/mol. The van der Waals surface area contributed by atoms with Crippen LogP contribution in [0.4, 0.5) is 5.95 Å². The molecule has 1 N–H and O–H groups in total. The van der Waals surface area contributed by atoms with Crippen LogP contribution in [-0.2, 0) is 12.8 Å². The molecule has 0 amide bonds. The third kappa shape index (κ3) is 4.47. The predicted octanol–water partition coefficient (Wildman–Crippen LogP) is 5.41. The SMILES string of the molecule is CN1CCC(CNc2nc3c(c(Sc4ccc5ccccc5c4)n2)CCCC3)CC1. The van der Waals surface area contributed by atoms with Crippen LogP contribution in [0.3, 0.4) is 0 Å². The number of likely N-dealkylation sites (tertiary alicyclic amines) is 1. The summed E-state index contributed by atoms with van der Waals surface area (Å²) in [7, 11) is 2.21. The van der Waals surface area contributed by atoms with Crippen LogP contribution in [-0.4, -0.2) is 41.5 Å². The molecule has 5 heteroatoms. The molecule has 5 rings (SSSR count). The highest BCUT2D eigenvalue weighted by atomic mass is 32.2. The van der Waals surface area contributed by atoms with E-state index in [0.717, 1.165) is 36.3 Å². The van der Waals surface area contributed by atoms with E-state index in [4.69, 9.17) is 9.97 Å².